The van der Waals surface area contributed by atoms with Crippen LogP contribution in [0, 0.1) is 0 Å². The fourth-order valence-electron chi connectivity index (χ4n) is 1.70. The summed E-state index contributed by atoms with van der Waals surface area (Å²) < 4.78 is 2.34. The van der Waals surface area contributed by atoms with Crippen molar-refractivity contribution in [2.75, 3.05) is 0 Å². The van der Waals surface area contributed by atoms with Gasteiger partial charge in [-0.2, -0.15) is 0 Å². The standard InChI is InChI=1S/C12H10BrNO3/c13-9-3-1-8-2-4-11(15)14(10(8)7-9)6-5-12(16)17/h1-4,7H,5-6H2,(H,16,17). The third-order valence-corrected chi connectivity index (χ3v) is 3.00. The Hall–Kier alpha value is -1.62. The first kappa shape index (κ1) is 11.9. The molecule has 1 heterocycles. The van der Waals surface area contributed by atoms with E-state index >= 15 is 0 Å². The molecule has 2 aromatic rings. The summed E-state index contributed by atoms with van der Waals surface area (Å²) in [6.45, 7) is 0.182. The number of carboxylic acids is 1. The molecule has 2 rings (SSSR count). The van der Waals surface area contributed by atoms with Crippen molar-refractivity contribution in [3.8, 4) is 0 Å². The Bertz CT molecular complexity index is 633. The zero-order valence-electron chi connectivity index (χ0n) is 8.89. The zero-order chi connectivity index (χ0) is 12.4. The van der Waals surface area contributed by atoms with Crippen LogP contribution in [0.3, 0.4) is 0 Å². The number of hydrogen-bond donors (Lipinski definition) is 1. The van der Waals surface area contributed by atoms with Gasteiger partial charge in [0.2, 0.25) is 0 Å². The maximum atomic E-state index is 11.7. The molecule has 0 radical (unpaired) electrons. The molecular weight excluding hydrogens is 286 g/mol. The minimum Gasteiger partial charge on any atom is -0.481 e. The maximum Gasteiger partial charge on any atom is 0.305 e. The Morgan fingerprint density at radius 1 is 1.29 bits per heavy atom. The first-order chi connectivity index (χ1) is 8.08. The summed E-state index contributed by atoms with van der Waals surface area (Å²) in [6, 6.07) is 8.78. The molecule has 0 unspecified atom stereocenters. The number of hydrogen-bond acceptors (Lipinski definition) is 2. The Kier molecular flexibility index (Phi) is 3.28. The van der Waals surface area contributed by atoms with E-state index < -0.39 is 5.97 Å². The van der Waals surface area contributed by atoms with Crippen molar-refractivity contribution in [2.24, 2.45) is 0 Å². The van der Waals surface area contributed by atoms with Crippen LogP contribution in [0.25, 0.3) is 10.9 Å². The van der Waals surface area contributed by atoms with Gasteiger partial charge in [-0.1, -0.05) is 22.0 Å². The summed E-state index contributed by atoms with van der Waals surface area (Å²) in [5.41, 5.74) is 0.560. The molecule has 5 heteroatoms. The number of pyridine rings is 1. The Morgan fingerprint density at radius 2 is 2.00 bits per heavy atom. The number of halogens is 1. The van der Waals surface area contributed by atoms with Gasteiger partial charge in [0.05, 0.1) is 11.9 Å². The van der Waals surface area contributed by atoms with Gasteiger partial charge >= 0.3 is 5.97 Å². The summed E-state index contributed by atoms with van der Waals surface area (Å²) in [4.78, 5) is 22.3. The fraction of sp³-hybridized carbons (Fsp3) is 0.167. The number of benzene rings is 1. The van der Waals surface area contributed by atoms with Crippen molar-refractivity contribution in [3.05, 3.63) is 45.2 Å². The number of nitrogens with zero attached hydrogens (tertiary/aromatic N) is 1. The second-order valence-corrected chi connectivity index (χ2v) is 4.59. The van der Waals surface area contributed by atoms with Gasteiger partial charge in [-0.3, -0.25) is 9.59 Å². The van der Waals surface area contributed by atoms with Gasteiger partial charge < -0.3 is 9.67 Å². The van der Waals surface area contributed by atoms with Gasteiger partial charge in [0.1, 0.15) is 0 Å². The highest BCUT2D eigenvalue weighted by atomic mass is 79.9. The maximum absolute atomic E-state index is 11.7. The Morgan fingerprint density at radius 3 is 2.71 bits per heavy atom. The third kappa shape index (κ3) is 2.55. The first-order valence-corrected chi connectivity index (χ1v) is 5.88. The molecule has 17 heavy (non-hydrogen) atoms. The highest BCUT2D eigenvalue weighted by molar-refractivity contribution is 9.10. The van der Waals surface area contributed by atoms with Crippen molar-refractivity contribution in [2.45, 2.75) is 13.0 Å². The van der Waals surface area contributed by atoms with Crippen LogP contribution in [0.1, 0.15) is 6.42 Å². The smallest absolute Gasteiger partial charge is 0.305 e. The highest BCUT2D eigenvalue weighted by Crippen LogP contribution is 2.18. The van der Waals surface area contributed by atoms with E-state index in [1.165, 1.54) is 10.6 Å². The molecule has 0 bridgehead atoms. The van der Waals surface area contributed by atoms with Gasteiger partial charge in [-0.25, -0.2) is 0 Å². The van der Waals surface area contributed by atoms with Crippen LogP contribution in [0.4, 0.5) is 0 Å². The topological polar surface area (TPSA) is 59.3 Å². The minimum atomic E-state index is -0.913. The average Bonchev–Trinajstić information content (AvgIpc) is 2.27. The van der Waals surface area contributed by atoms with Crippen molar-refractivity contribution in [1.82, 2.24) is 4.57 Å². The number of rotatable bonds is 3. The summed E-state index contributed by atoms with van der Waals surface area (Å²) in [5, 5.41) is 9.58. The molecule has 0 amide bonds. The molecule has 1 aromatic heterocycles. The second-order valence-electron chi connectivity index (χ2n) is 3.67. The predicted octanol–water partition coefficient (Wildman–Crippen LogP) is 2.24. The molecule has 0 spiro atoms. The number of aryl methyl sites for hydroxylation is 1. The molecule has 1 aromatic carbocycles. The number of aromatic nitrogens is 1. The third-order valence-electron chi connectivity index (χ3n) is 2.50. The molecule has 0 atom stereocenters. The average molecular weight is 296 g/mol. The van der Waals surface area contributed by atoms with E-state index in [1.807, 2.05) is 18.2 Å². The summed E-state index contributed by atoms with van der Waals surface area (Å²) in [7, 11) is 0. The van der Waals surface area contributed by atoms with Crippen molar-refractivity contribution in [3.63, 3.8) is 0 Å². The lowest BCUT2D eigenvalue weighted by molar-refractivity contribution is -0.137. The Labute approximate surface area is 106 Å². The molecule has 0 aliphatic rings. The zero-order valence-corrected chi connectivity index (χ0v) is 10.5. The predicted molar refractivity (Wildman–Crippen MR) is 68.2 cm³/mol. The van der Waals surface area contributed by atoms with Gasteiger partial charge in [0.25, 0.3) is 5.56 Å². The molecule has 0 saturated carbocycles. The lowest BCUT2D eigenvalue weighted by atomic mass is 10.2. The monoisotopic (exact) mass is 295 g/mol. The number of aliphatic carboxylic acids is 1. The molecule has 88 valence electrons. The summed E-state index contributed by atoms with van der Waals surface area (Å²) in [5.74, 6) is -0.913. The summed E-state index contributed by atoms with van der Waals surface area (Å²) >= 11 is 3.34. The largest absolute Gasteiger partial charge is 0.481 e. The van der Waals surface area contributed by atoms with E-state index in [1.54, 1.807) is 6.07 Å². The quantitative estimate of drug-likeness (QED) is 0.945. The van der Waals surface area contributed by atoms with Gasteiger partial charge in [0, 0.05) is 17.1 Å². The van der Waals surface area contributed by atoms with Crippen LogP contribution < -0.4 is 5.56 Å². The molecule has 0 saturated heterocycles. The van der Waals surface area contributed by atoms with Crippen LogP contribution in [0.15, 0.2) is 39.6 Å². The fourth-order valence-corrected chi connectivity index (χ4v) is 2.05. The Balaban J connectivity index is 2.58. The van der Waals surface area contributed by atoms with Crippen molar-refractivity contribution < 1.29 is 9.90 Å². The van der Waals surface area contributed by atoms with E-state index in [9.17, 15) is 9.59 Å². The first-order valence-electron chi connectivity index (χ1n) is 5.09. The number of carboxylic acid groups (broad SMARTS) is 1. The molecule has 0 aliphatic heterocycles. The van der Waals surface area contributed by atoms with Crippen LogP contribution in [-0.4, -0.2) is 15.6 Å². The minimum absolute atomic E-state index is 0.0640. The molecule has 1 N–H and O–H groups in total. The van der Waals surface area contributed by atoms with Crippen molar-refractivity contribution >= 4 is 32.8 Å². The molecule has 0 aliphatic carbocycles. The summed E-state index contributed by atoms with van der Waals surface area (Å²) in [6.07, 6.45) is -0.0640. The lowest BCUT2D eigenvalue weighted by Crippen LogP contribution is -2.20. The second kappa shape index (κ2) is 4.71. The van der Waals surface area contributed by atoms with E-state index in [4.69, 9.17) is 5.11 Å². The van der Waals surface area contributed by atoms with E-state index in [0.717, 1.165) is 15.4 Å². The van der Waals surface area contributed by atoms with E-state index in [2.05, 4.69) is 15.9 Å². The lowest BCUT2D eigenvalue weighted by Gasteiger charge is -2.08. The van der Waals surface area contributed by atoms with E-state index in [0.29, 0.717) is 0 Å². The van der Waals surface area contributed by atoms with Crippen LogP contribution in [-0.2, 0) is 11.3 Å². The van der Waals surface area contributed by atoms with Crippen LogP contribution in [0.5, 0.6) is 0 Å². The SMILES string of the molecule is O=C(O)CCn1c(=O)ccc2ccc(Br)cc21. The molecule has 0 fully saturated rings. The highest BCUT2D eigenvalue weighted by Gasteiger charge is 2.05. The van der Waals surface area contributed by atoms with Gasteiger partial charge in [-0.05, 0) is 23.6 Å². The molecular formula is C12H10BrNO3. The molecule has 4 nitrogen and oxygen atoms in total. The van der Waals surface area contributed by atoms with E-state index in [-0.39, 0.29) is 18.5 Å². The van der Waals surface area contributed by atoms with Gasteiger partial charge in [0.15, 0.2) is 0 Å². The van der Waals surface area contributed by atoms with Crippen LogP contribution >= 0.6 is 15.9 Å². The number of carbonyl (C=O) groups is 1. The number of fused-ring (bicyclic) bond motifs is 1. The van der Waals surface area contributed by atoms with Crippen LogP contribution in [0.2, 0.25) is 0 Å². The van der Waals surface area contributed by atoms with Gasteiger partial charge in [-0.15, -0.1) is 0 Å². The van der Waals surface area contributed by atoms with Crippen molar-refractivity contribution in [1.29, 1.82) is 0 Å². The normalized spacial score (nSPS) is 10.6.